The molecular formula is C21H23ClN2O3S. The van der Waals surface area contributed by atoms with Gasteiger partial charge in [0.1, 0.15) is 11.9 Å². The third-order valence-corrected chi connectivity index (χ3v) is 7.22. The molecule has 0 saturated carbocycles. The molecule has 0 N–H and O–H groups in total. The van der Waals surface area contributed by atoms with Crippen molar-refractivity contribution in [2.75, 3.05) is 20.1 Å². The zero-order chi connectivity index (χ0) is 19.9. The van der Waals surface area contributed by atoms with Gasteiger partial charge in [0.05, 0.1) is 10.4 Å². The maximum atomic E-state index is 13.3. The van der Waals surface area contributed by atoms with E-state index in [1.165, 1.54) is 3.97 Å². The molecule has 5 nitrogen and oxygen atoms in total. The number of fused-ring (bicyclic) bond motifs is 1. The van der Waals surface area contributed by atoms with Crippen molar-refractivity contribution in [3.8, 4) is 5.75 Å². The average molecular weight is 419 g/mol. The predicted octanol–water partition coefficient (Wildman–Crippen LogP) is 4.31. The molecule has 0 aliphatic carbocycles. The normalized spacial score (nSPS) is 16.5. The van der Waals surface area contributed by atoms with Crippen molar-refractivity contribution in [2.24, 2.45) is 0 Å². The highest BCUT2D eigenvalue weighted by atomic mass is 35.5. The summed E-state index contributed by atoms with van der Waals surface area (Å²) in [6.45, 7) is 3.90. The minimum absolute atomic E-state index is 0.110. The summed E-state index contributed by atoms with van der Waals surface area (Å²) in [5.74, 6) is 0.630. The van der Waals surface area contributed by atoms with Gasteiger partial charge in [0, 0.05) is 35.8 Å². The van der Waals surface area contributed by atoms with Crippen LogP contribution in [0, 0.1) is 6.92 Å². The molecule has 0 atom stereocenters. The van der Waals surface area contributed by atoms with E-state index in [1.807, 2.05) is 13.0 Å². The van der Waals surface area contributed by atoms with Gasteiger partial charge in [0.15, 0.2) is 0 Å². The summed E-state index contributed by atoms with van der Waals surface area (Å²) in [6.07, 6.45) is 3.55. The lowest BCUT2D eigenvalue weighted by Gasteiger charge is -2.29. The molecule has 7 heteroatoms. The molecule has 2 aromatic carbocycles. The molecule has 1 aromatic heterocycles. The molecular weight excluding hydrogens is 396 g/mol. The smallest absolute Gasteiger partial charge is 0.268 e. The van der Waals surface area contributed by atoms with Gasteiger partial charge in [-0.2, -0.15) is 0 Å². The number of rotatable bonds is 4. The topological polar surface area (TPSA) is 51.5 Å². The van der Waals surface area contributed by atoms with E-state index < -0.39 is 10.0 Å². The first-order valence-corrected chi connectivity index (χ1v) is 11.1. The van der Waals surface area contributed by atoms with Gasteiger partial charge in [0.25, 0.3) is 10.0 Å². The molecule has 1 fully saturated rings. The number of likely N-dealkylation sites (tertiary alicyclic amines) is 1. The zero-order valence-corrected chi connectivity index (χ0v) is 17.5. The molecule has 3 aromatic rings. The Labute approximate surface area is 170 Å². The highest BCUT2D eigenvalue weighted by molar-refractivity contribution is 7.90. The highest BCUT2D eigenvalue weighted by Gasteiger charge is 2.23. The summed E-state index contributed by atoms with van der Waals surface area (Å²) in [4.78, 5) is 2.48. The fourth-order valence-electron chi connectivity index (χ4n) is 3.55. The minimum Gasteiger partial charge on any atom is -0.490 e. The number of benzene rings is 2. The van der Waals surface area contributed by atoms with Gasteiger partial charge in [-0.3, -0.25) is 0 Å². The van der Waals surface area contributed by atoms with Crippen LogP contribution in [0.5, 0.6) is 5.75 Å². The number of ether oxygens (including phenoxy) is 1. The lowest BCUT2D eigenvalue weighted by molar-refractivity contribution is 0.113. The summed E-state index contributed by atoms with van der Waals surface area (Å²) in [5.41, 5.74) is 1.49. The van der Waals surface area contributed by atoms with E-state index in [-0.39, 0.29) is 11.0 Å². The van der Waals surface area contributed by atoms with Crippen molar-refractivity contribution in [2.45, 2.75) is 30.8 Å². The van der Waals surface area contributed by atoms with Crippen LogP contribution in [-0.4, -0.2) is 43.5 Å². The van der Waals surface area contributed by atoms with Crippen LogP contribution in [0.3, 0.4) is 0 Å². The van der Waals surface area contributed by atoms with Gasteiger partial charge in [-0.15, -0.1) is 0 Å². The van der Waals surface area contributed by atoms with Gasteiger partial charge in [-0.1, -0.05) is 23.7 Å². The van der Waals surface area contributed by atoms with E-state index >= 15 is 0 Å². The summed E-state index contributed by atoms with van der Waals surface area (Å²) >= 11 is 6.08. The Morgan fingerprint density at radius 2 is 1.82 bits per heavy atom. The Morgan fingerprint density at radius 1 is 1.07 bits per heavy atom. The van der Waals surface area contributed by atoms with Crippen LogP contribution in [0.2, 0.25) is 5.02 Å². The third kappa shape index (κ3) is 3.64. The number of aryl methyl sites for hydroxylation is 1. The van der Waals surface area contributed by atoms with E-state index in [4.69, 9.17) is 16.3 Å². The van der Waals surface area contributed by atoms with Crippen LogP contribution in [0.15, 0.2) is 53.6 Å². The van der Waals surface area contributed by atoms with Crippen molar-refractivity contribution in [3.63, 3.8) is 0 Å². The first kappa shape index (κ1) is 19.3. The first-order valence-electron chi connectivity index (χ1n) is 9.32. The number of nitrogens with zero attached hydrogens (tertiary/aromatic N) is 2. The average Bonchev–Trinajstić information content (AvgIpc) is 3.09. The van der Waals surface area contributed by atoms with E-state index in [0.29, 0.717) is 16.3 Å². The van der Waals surface area contributed by atoms with E-state index in [1.54, 1.807) is 42.6 Å². The van der Waals surface area contributed by atoms with Crippen molar-refractivity contribution < 1.29 is 13.2 Å². The summed E-state index contributed by atoms with van der Waals surface area (Å²) in [6, 6.07) is 12.1. The van der Waals surface area contributed by atoms with Crippen LogP contribution in [-0.2, 0) is 10.0 Å². The van der Waals surface area contributed by atoms with E-state index in [9.17, 15) is 8.42 Å². The second-order valence-corrected chi connectivity index (χ2v) is 9.62. The minimum atomic E-state index is -3.76. The highest BCUT2D eigenvalue weighted by Crippen LogP contribution is 2.29. The molecule has 0 amide bonds. The van der Waals surface area contributed by atoms with E-state index in [2.05, 4.69) is 11.9 Å². The summed E-state index contributed by atoms with van der Waals surface area (Å²) in [5, 5.41) is 1.32. The summed E-state index contributed by atoms with van der Waals surface area (Å²) < 4.78 is 34.0. The van der Waals surface area contributed by atoms with Crippen LogP contribution in [0.1, 0.15) is 18.4 Å². The van der Waals surface area contributed by atoms with Crippen LogP contribution >= 0.6 is 11.6 Å². The van der Waals surface area contributed by atoms with Gasteiger partial charge >= 0.3 is 0 Å². The molecule has 0 spiro atoms. The molecule has 28 heavy (non-hydrogen) atoms. The van der Waals surface area contributed by atoms with Crippen molar-refractivity contribution >= 4 is 32.5 Å². The number of hydrogen-bond donors (Lipinski definition) is 0. The molecule has 2 heterocycles. The molecule has 0 unspecified atom stereocenters. The third-order valence-electron chi connectivity index (χ3n) is 5.30. The number of aromatic nitrogens is 1. The molecule has 0 bridgehead atoms. The SMILES string of the molecule is Cc1ccc(S(=O)(=O)n2ccc3ccc(Cl)cc32)cc1OC1CCN(C)CC1. The molecule has 1 saturated heterocycles. The fourth-order valence-corrected chi connectivity index (χ4v) is 5.08. The van der Waals surface area contributed by atoms with E-state index in [0.717, 1.165) is 36.9 Å². The number of piperidine rings is 1. The van der Waals surface area contributed by atoms with Crippen molar-refractivity contribution in [1.29, 1.82) is 0 Å². The molecule has 0 radical (unpaired) electrons. The second-order valence-electron chi connectivity index (χ2n) is 7.37. The Kier molecular flexibility index (Phi) is 5.12. The number of halogens is 1. The van der Waals surface area contributed by atoms with Crippen LogP contribution in [0.25, 0.3) is 10.9 Å². The predicted molar refractivity (Wildman–Crippen MR) is 112 cm³/mol. The zero-order valence-electron chi connectivity index (χ0n) is 15.9. The maximum absolute atomic E-state index is 13.3. The Balaban J connectivity index is 1.69. The maximum Gasteiger partial charge on any atom is 0.268 e. The lowest BCUT2D eigenvalue weighted by atomic mass is 10.1. The van der Waals surface area contributed by atoms with Crippen molar-refractivity contribution in [1.82, 2.24) is 8.87 Å². The second kappa shape index (κ2) is 7.43. The molecule has 4 rings (SSSR count). The fraction of sp³-hybridized carbons (Fsp3) is 0.333. The van der Waals surface area contributed by atoms with Crippen LogP contribution < -0.4 is 4.74 Å². The molecule has 1 aliphatic rings. The Bertz CT molecular complexity index is 1120. The van der Waals surface area contributed by atoms with Crippen LogP contribution in [0.4, 0.5) is 0 Å². The summed E-state index contributed by atoms with van der Waals surface area (Å²) in [7, 11) is -1.66. The number of hydrogen-bond acceptors (Lipinski definition) is 4. The van der Waals surface area contributed by atoms with Gasteiger partial charge < -0.3 is 9.64 Å². The van der Waals surface area contributed by atoms with Gasteiger partial charge in [0.2, 0.25) is 0 Å². The molecule has 148 valence electrons. The molecule has 1 aliphatic heterocycles. The first-order chi connectivity index (χ1) is 13.3. The quantitative estimate of drug-likeness (QED) is 0.633. The Morgan fingerprint density at radius 3 is 2.57 bits per heavy atom. The largest absolute Gasteiger partial charge is 0.490 e. The lowest BCUT2D eigenvalue weighted by Crippen LogP contribution is -2.35. The monoisotopic (exact) mass is 418 g/mol. The standard InChI is InChI=1S/C21H23ClN2O3S/c1-15-3-6-19(14-21(15)27-18-8-10-23(2)11-9-18)28(25,26)24-12-7-16-4-5-17(22)13-20(16)24/h3-7,12-14,18H,8-11H2,1-2H3. The van der Waals surface area contributed by atoms with Crippen molar-refractivity contribution in [3.05, 3.63) is 59.2 Å². The van der Waals surface area contributed by atoms with Gasteiger partial charge in [-0.25, -0.2) is 12.4 Å². The van der Waals surface area contributed by atoms with Gasteiger partial charge in [-0.05, 0) is 56.6 Å². The Hall–Kier alpha value is -2.02.